The molecule has 30 heavy (non-hydrogen) atoms. The van der Waals surface area contributed by atoms with Crippen LogP contribution in [0.5, 0.6) is 0 Å². The van der Waals surface area contributed by atoms with Crippen LogP contribution in [-0.4, -0.2) is 84.5 Å². The van der Waals surface area contributed by atoms with Crippen molar-refractivity contribution in [3.05, 3.63) is 34.4 Å². The molecule has 0 spiro atoms. The Morgan fingerprint density at radius 1 is 0.700 bits per heavy atom. The van der Waals surface area contributed by atoms with E-state index in [0.29, 0.717) is 0 Å². The van der Waals surface area contributed by atoms with Gasteiger partial charge < -0.3 is 4.90 Å². The molecule has 1 aliphatic carbocycles. The van der Waals surface area contributed by atoms with Crippen LogP contribution in [0.3, 0.4) is 0 Å². The van der Waals surface area contributed by atoms with Crippen LogP contribution >= 0.6 is 0 Å². The molecule has 4 rings (SSSR count). The van der Waals surface area contributed by atoms with E-state index < -0.39 is 0 Å². The minimum atomic E-state index is 0.880. The van der Waals surface area contributed by atoms with E-state index in [1.807, 2.05) is 0 Å². The predicted molar refractivity (Wildman–Crippen MR) is 127 cm³/mol. The molecule has 0 atom stereocenters. The Hall–Kier alpha value is -0.940. The summed E-state index contributed by atoms with van der Waals surface area (Å²) in [7, 11) is 0. The van der Waals surface area contributed by atoms with E-state index in [1.165, 1.54) is 102 Å². The Balaban J connectivity index is 1.37. The summed E-state index contributed by atoms with van der Waals surface area (Å²) in [5.41, 5.74) is 6.08. The smallest absolute Gasteiger partial charge is 0.0237 e. The highest BCUT2D eigenvalue weighted by atomic mass is 15.3. The lowest BCUT2D eigenvalue weighted by Crippen LogP contribution is -2.45. The fourth-order valence-electron chi connectivity index (χ4n) is 5.87. The quantitative estimate of drug-likeness (QED) is 0.703. The summed E-state index contributed by atoms with van der Waals surface area (Å²) >= 11 is 0. The van der Waals surface area contributed by atoms with Crippen LogP contribution in [0.25, 0.3) is 0 Å². The summed E-state index contributed by atoms with van der Waals surface area (Å²) in [4.78, 5) is 10.8. The molecule has 2 heterocycles. The van der Waals surface area contributed by atoms with Crippen molar-refractivity contribution in [2.24, 2.45) is 0 Å². The molecule has 1 aromatic rings. The second-order valence-corrected chi connectivity index (χ2v) is 10.0. The maximum Gasteiger partial charge on any atom is 0.0237 e. The number of hydrogen-bond donors (Lipinski definition) is 0. The van der Waals surface area contributed by atoms with E-state index >= 15 is 0 Å². The molecule has 168 valence electrons. The summed E-state index contributed by atoms with van der Waals surface area (Å²) in [6.45, 7) is 20.3. The van der Waals surface area contributed by atoms with Crippen molar-refractivity contribution in [3.63, 3.8) is 0 Å². The van der Waals surface area contributed by atoms with Crippen LogP contribution in [0, 0.1) is 13.8 Å². The van der Waals surface area contributed by atoms with Gasteiger partial charge in [0.2, 0.25) is 0 Å². The second-order valence-electron chi connectivity index (χ2n) is 10.0. The van der Waals surface area contributed by atoms with Gasteiger partial charge in [0, 0.05) is 58.4 Å². The van der Waals surface area contributed by atoms with E-state index in [0.717, 1.165) is 19.1 Å². The van der Waals surface area contributed by atoms with Crippen LogP contribution in [-0.2, 0) is 13.1 Å². The number of aryl methyl sites for hydroxylation is 1. The van der Waals surface area contributed by atoms with E-state index in [4.69, 9.17) is 0 Å². The fraction of sp³-hybridized carbons (Fsp3) is 0.769. The zero-order chi connectivity index (χ0) is 20.9. The summed E-state index contributed by atoms with van der Waals surface area (Å²) in [6, 6.07) is 5.77. The Morgan fingerprint density at radius 3 is 1.90 bits per heavy atom. The van der Waals surface area contributed by atoms with Gasteiger partial charge in [-0.25, -0.2) is 0 Å². The molecule has 4 nitrogen and oxygen atoms in total. The average molecular weight is 413 g/mol. The lowest BCUT2D eigenvalue weighted by atomic mass is 9.98. The highest BCUT2D eigenvalue weighted by Gasteiger charge is 2.25. The zero-order valence-electron chi connectivity index (χ0n) is 19.8. The first kappa shape index (κ1) is 22.3. The largest absolute Gasteiger partial charge is 0.301 e. The van der Waals surface area contributed by atoms with Gasteiger partial charge in [0.15, 0.2) is 0 Å². The maximum atomic E-state index is 2.80. The lowest BCUT2D eigenvalue weighted by molar-refractivity contribution is 0.131. The highest BCUT2D eigenvalue weighted by molar-refractivity contribution is 5.38. The van der Waals surface area contributed by atoms with Crippen molar-refractivity contribution in [2.45, 2.75) is 72.0 Å². The standard InChI is InChI=1S/C26H44N4/c1-4-27-12-14-29(15-13-27)21-25-19-22(2)18-24(23(25)3)20-28-10-7-11-30(17-16-28)26-8-5-6-9-26/h18-19,26H,4-17,20-21H2,1-3H3. The average Bonchev–Trinajstić information content (AvgIpc) is 3.19. The molecular weight excluding hydrogens is 368 g/mol. The SMILES string of the molecule is CCN1CCN(Cc2cc(C)cc(CN3CCCN(C4CCCC4)CC3)c2C)CC1. The predicted octanol–water partition coefficient (Wildman–Crippen LogP) is 3.89. The van der Waals surface area contributed by atoms with Crippen molar-refractivity contribution < 1.29 is 0 Å². The summed E-state index contributed by atoms with van der Waals surface area (Å²) in [5, 5.41) is 0. The molecule has 0 aromatic heterocycles. The molecule has 1 aromatic carbocycles. The van der Waals surface area contributed by atoms with Gasteiger partial charge in [-0.15, -0.1) is 0 Å². The topological polar surface area (TPSA) is 13.0 Å². The van der Waals surface area contributed by atoms with Crippen molar-refractivity contribution in [1.29, 1.82) is 0 Å². The highest BCUT2D eigenvalue weighted by Crippen LogP contribution is 2.25. The second kappa shape index (κ2) is 10.6. The van der Waals surface area contributed by atoms with Crippen LogP contribution in [0.15, 0.2) is 12.1 Å². The molecule has 2 saturated heterocycles. The van der Waals surface area contributed by atoms with Crippen molar-refractivity contribution in [3.8, 4) is 0 Å². The summed E-state index contributed by atoms with van der Waals surface area (Å²) in [5.74, 6) is 0. The molecule has 0 N–H and O–H groups in total. The van der Waals surface area contributed by atoms with Crippen molar-refractivity contribution >= 4 is 0 Å². The maximum absolute atomic E-state index is 2.80. The van der Waals surface area contributed by atoms with Crippen LogP contribution in [0.1, 0.15) is 61.3 Å². The first-order valence-electron chi connectivity index (χ1n) is 12.6. The van der Waals surface area contributed by atoms with E-state index in [9.17, 15) is 0 Å². The lowest BCUT2D eigenvalue weighted by Gasteiger charge is -2.34. The van der Waals surface area contributed by atoms with Crippen LogP contribution in [0.2, 0.25) is 0 Å². The Labute approximate surface area is 185 Å². The molecule has 3 fully saturated rings. The van der Waals surface area contributed by atoms with Gasteiger partial charge in [0.1, 0.15) is 0 Å². The number of hydrogen-bond acceptors (Lipinski definition) is 4. The molecular formula is C26H44N4. The van der Waals surface area contributed by atoms with Crippen LogP contribution < -0.4 is 0 Å². The number of nitrogens with zero attached hydrogens (tertiary/aromatic N) is 4. The van der Waals surface area contributed by atoms with Gasteiger partial charge in [-0.3, -0.25) is 14.7 Å². The van der Waals surface area contributed by atoms with E-state index in [-0.39, 0.29) is 0 Å². The van der Waals surface area contributed by atoms with Crippen molar-refractivity contribution in [2.75, 3.05) is 58.9 Å². The van der Waals surface area contributed by atoms with Crippen LogP contribution in [0.4, 0.5) is 0 Å². The normalized spacial score (nSPS) is 23.8. The van der Waals surface area contributed by atoms with Crippen molar-refractivity contribution in [1.82, 2.24) is 19.6 Å². The third-order valence-corrected chi connectivity index (χ3v) is 7.93. The Morgan fingerprint density at radius 2 is 1.27 bits per heavy atom. The molecule has 0 bridgehead atoms. The third kappa shape index (κ3) is 5.64. The molecule has 2 aliphatic heterocycles. The van der Waals surface area contributed by atoms with Gasteiger partial charge in [0.05, 0.1) is 0 Å². The van der Waals surface area contributed by atoms with Gasteiger partial charge in [-0.2, -0.15) is 0 Å². The number of benzene rings is 1. The minimum absolute atomic E-state index is 0.880. The Kier molecular flexibility index (Phi) is 7.85. The fourth-order valence-corrected chi connectivity index (χ4v) is 5.87. The van der Waals surface area contributed by atoms with Gasteiger partial charge in [-0.1, -0.05) is 37.5 Å². The first-order chi connectivity index (χ1) is 14.6. The zero-order valence-corrected chi connectivity index (χ0v) is 19.8. The first-order valence-corrected chi connectivity index (χ1v) is 12.6. The van der Waals surface area contributed by atoms with Gasteiger partial charge >= 0.3 is 0 Å². The summed E-state index contributed by atoms with van der Waals surface area (Å²) in [6.07, 6.45) is 7.10. The molecule has 0 unspecified atom stereocenters. The van der Waals surface area contributed by atoms with E-state index in [1.54, 1.807) is 11.1 Å². The number of likely N-dealkylation sites (N-methyl/N-ethyl adjacent to an activating group) is 1. The molecule has 0 amide bonds. The summed E-state index contributed by atoms with van der Waals surface area (Å²) < 4.78 is 0. The van der Waals surface area contributed by atoms with Gasteiger partial charge in [-0.05, 0) is 69.4 Å². The van der Waals surface area contributed by atoms with Gasteiger partial charge in [0.25, 0.3) is 0 Å². The Bertz CT molecular complexity index is 674. The monoisotopic (exact) mass is 412 g/mol. The molecule has 0 radical (unpaired) electrons. The number of piperazine rings is 1. The molecule has 4 heteroatoms. The number of rotatable bonds is 6. The molecule has 1 saturated carbocycles. The molecule has 3 aliphatic rings. The third-order valence-electron chi connectivity index (χ3n) is 7.93. The van der Waals surface area contributed by atoms with E-state index in [2.05, 4.69) is 52.5 Å². The minimum Gasteiger partial charge on any atom is -0.301 e.